The molecular weight excluding hydrogens is 342 g/mol. The van der Waals surface area contributed by atoms with Gasteiger partial charge in [0.05, 0.1) is 19.2 Å². The van der Waals surface area contributed by atoms with Crippen LogP contribution in [-0.2, 0) is 9.59 Å². The molecule has 0 aliphatic carbocycles. The Labute approximate surface area is 163 Å². The average Bonchev–Trinajstić information content (AvgIpc) is 2.92. The lowest BCUT2D eigenvalue weighted by molar-refractivity contribution is -0.133. The average molecular weight is 378 g/mol. The highest BCUT2D eigenvalue weighted by Crippen LogP contribution is 2.15. The Balaban J connectivity index is 1.72. The molecule has 1 N–H and O–H groups in total. The van der Waals surface area contributed by atoms with Gasteiger partial charge in [-0.15, -0.1) is 0 Å². The van der Waals surface area contributed by atoms with Gasteiger partial charge in [-0.1, -0.05) is 26.7 Å². The van der Waals surface area contributed by atoms with Gasteiger partial charge in [-0.3, -0.25) is 19.4 Å². The van der Waals surface area contributed by atoms with Crippen LogP contribution >= 0.6 is 0 Å². The van der Waals surface area contributed by atoms with Gasteiger partial charge in [0.25, 0.3) is 0 Å². The molecule has 7 nitrogen and oxygen atoms in total. The molecule has 1 atom stereocenters. The molecule has 2 heterocycles. The van der Waals surface area contributed by atoms with Gasteiger partial charge < -0.3 is 10.2 Å². The molecule has 2 amide bonds. The van der Waals surface area contributed by atoms with Gasteiger partial charge in [0.2, 0.25) is 11.8 Å². The maximum Gasteiger partial charge on any atom is 0.236 e. The van der Waals surface area contributed by atoms with Crippen LogP contribution in [0, 0.1) is 17.2 Å². The topological polar surface area (TPSA) is 79.7 Å². The van der Waals surface area contributed by atoms with E-state index < -0.39 is 5.54 Å². The van der Waals surface area contributed by atoms with Crippen molar-refractivity contribution in [1.82, 2.24) is 20.0 Å². The quantitative estimate of drug-likeness (QED) is 0.749. The second-order valence-electron chi connectivity index (χ2n) is 8.36. The minimum Gasteiger partial charge on any atom is -0.342 e. The minimum atomic E-state index is -0.835. The van der Waals surface area contributed by atoms with Crippen molar-refractivity contribution in [2.75, 3.05) is 52.4 Å². The van der Waals surface area contributed by atoms with E-state index in [0.29, 0.717) is 13.1 Å². The molecule has 152 valence electrons. The zero-order chi connectivity index (χ0) is 19.9. The van der Waals surface area contributed by atoms with Crippen LogP contribution in [0.2, 0.25) is 0 Å². The minimum absolute atomic E-state index is 0.0493. The summed E-state index contributed by atoms with van der Waals surface area (Å²) in [5, 5.41) is 12.2. The number of nitrogens with one attached hydrogen (secondary N) is 1. The highest BCUT2D eigenvalue weighted by Gasteiger charge is 2.31. The predicted molar refractivity (Wildman–Crippen MR) is 105 cm³/mol. The van der Waals surface area contributed by atoms with E-state index in [1.807, 2.05) is 18.7 Å². The molecule has 27 heavy (non-hydrogen) atoms. The van der Waals surface area contributed by atoms with Crippen LogP contribution in [0.15, 0.2) is 0 Å². The second-order valence-corrected chi connectivity index (χ2v) is 8.36. The normalized spacial score (nSPS) is 22.0. The lowest BCUT2D eigenvalue weighted by Gasteiger charge is -2.35. The van der Waals surface area contributed by atoms with Crippen LogP contribution in [0.4, 0.5) is 0 Å². The third-order valence-corrected chi connectivity index (χ3v) is 5.94. The summed E-state index contributed by atoms with van der Waals surface area (Å²) in [6.45, 7) is 11.3. The Morgan fingerprint density at radius 2 is 1.48 bits per heavy atom. The fourth-order valence-corrected chi connectivity index (χ4v) is 3.55. The van der Waals surface area contributed by atoms with E-state index in [-0.39, 0.29) is 17.7 Å². The predicted octanol–water partition coefficient (Wildman–Crippen LogP) is 1.06. The van der Waals surface area contributed by atoms with Crippen LogP contribution in [0.25, 0.3) is 0 Å². The van der Waals surface area contributed by atoms with Crippen LogP contribution < -0.4 is 5.32 Å². The molecule has 2 rings (SSSR count). The Morgan fingerprint density at radius 3 is 1.96 bits per heavy atom. The summed E-state index contributed by atoms with van der Waals surface area (Å²) >= 11 is 0. The SMILES string of the molecule is CC(C)C(C)(C#N)NC(=O)CN1CCN(CC(=O)N2CCCCCC2)CC1. The highest BCUT2D eigenvalue weighted by molar-refractivity contribution is 5.79. The fourth-order valence-electron chi connectivity index (χ4n) is 3.55. The lowest BCUT2D eigenvalue weighted by atomic mass is 9.90. The van der Waals surface area contributed by atoms with Gasteiger partial charge >= 0.3 is 0 Å². The molecule has 0 aromatic rings. The first kappa shape index (κ1) is 21.6. The third-order valence-electron chi connectivity index (χ3n) is 5.94. The summed E-state index contributed by atoms with van der Waals surface area (Å²) in [6.07, 6.45) is 4.69. The summed E-state index contributed by atoms with van der Waals surface area (Å²) in [6, 6.07) is 2.21. The van der Waals surface area contributed by atoms with Gasteiger partial charge in [-0.2, -0.15) is 5.26 Å². The fraction of sp³-hybridized carbons (Fsp3) is 0.850. The van der Waals surface area contributed by atoms with Crippen LogP contribution in [0.5, 0.6) is 0 Å². The maximum atomic E-state index is 12.5. The highest BCUT2D eigenvalue weighted by atomic mass is 16.2. The van der Waals surface area contributed by atoms with Gasteiger partial charge in [-0.05, 0) is 25.7 Å². The largest absolute Gasteiger partial charge is 0.342 e. The summed E-state index contributed by atoms with van der Waals surface area (Å²) in [7, 11) is 0. The molecule has 2 saturated heterocycles. The first-order valence-corrected chi connectivity index (χ1v) is 10.3. The lowest BCUT2D eigenvalue weighted by Crippen LogP contribution is -2.55. The Bertz CT molecular complexity index is 543. The van der Waals surface area contributed by atoms with Crippen molar-refractivity contribution in [3.05, 3.63) is 0 Å². The first-order valence-electron chi connectivity index (χ1n) is 10.3. The van der Waals surface area contributed by atoms with Gasteiger partial charge in [0.1, 0.15) is 5.54 Å². The molecule has 2 fully saturated rings. The second kappa shape index (κ2) is 10.0. The molecule has 0 aromatic carbocycles. The number of hydrogen-bond acceptors (Lipinski definition) is 5. The van der Waals surface area contributed by atoms with Gasteiger partial charge in [-0.25, -0.2) is 0 Å². The number of likely N-dealkylation sites (tertiary alicyclic amines) is 1. The first-order chi connectivity index (χ1) is 12.8. The molecule has 0 saturated carbocycles. The van der Waals surface area contributed by atoms with E-state index in [1.165, 1.54) is 12.8 Å². The van der Waals surface area contributed by atoms with Crippen molar-refractivity contribution in [2.45, 2.75) is 52.0 Å². The zero-order valence-corrected chi connectivity index (χ0v) is 17.2. The van der Waals surface area contributed by atoms with Crippen molar-refractivity contribution in [2.24, 2.45) is 5.92 Å². The van der Waals surface area contributed by atoms with E-state index in [9.17, 15) is 14.9 Å². The summed E-state index contributed by atoms with van der Waals surface area (Å²) in [4.78, 5) is 31.1. The number of amides is 2. The van der Waals surface area contributed by atoms with Crippen LogP contribution in [0.1, 0.15) is 46.5 Å². The molecule has 7 heteroatoms. The zero-order valence-electron chi connectivity index (χ0n) is 17.2. The van der Waals surface area contributed by atoms with Crippen molar-refractivity contribution < 1.29 is 9.59 Å². The number of nitrogens with zero attached hydrogens (tertiary/aromatic N) is 4. The van der Waals surface area contributed by atoms with E-state index in [4.69, 9.17) is 0 Å². The molecule has 0 spiro atoms. The van der Waals surface area contributed by atoms with Gasteiger partial charge in [0.15, 0.2) is 0 Å². The monoisotopic (exact) mass is 377 g/mol. The smallest absolute Gasteiger partial charge is 0.236 e. The number of piperazine rings is 1. The number of rotatable bonds is 6. The summed E-state index contributed by atoms with van der Waals surface area (Å²) < 4.78 is 0. The summed E-state index contributed by atoms with van der Waals surface area (Å²) in [5.41, 5.74) is -0.835. The van der Waals surface area contributed by atoms with E-state index in [1.54, 1.807) is 6.92 Å². The standard InChI is InChI=1S/C20H35N5O2/c1-17(2)20(3,16-21)22-18(26)14-23-10-12-24(13-11-23)15-19(27)25-8-6-4-5-7-9-25/h17H,4-15H2,1-3H3,(H,22,26). The van der Waals surface area contributed by atoms with Crippen molar-refractivity contribution in [3.8, 4) is 6.07 Å². The van der Waals surface area contributed by atoms with Crippen molar-refractivity contribution >= 4 is 11.8 Å². The van der Waals surface area contributed by atoms with E-state index in [2.05, 4.69) is 21.2 Å². The van der Waals surface area contributed by atoms with Crippen LogP contribution in [0.3, 0.4) is 0 Å². The molecule has 0 aromatic heterocycles. The third kappa shape index (κ3) is 6.47. The van der Waals surface area contributed by atoms with Gasteiger partial charge in [0, 0.05) is 39.3 Å². The molecule has 0 bridgehead atoms. The van der Waals surface area contributed by atoms with E-state index in [0.717, 1.165) is 52.1 Å². The maximum absolute atomic E-state index is 12.5. The number of hydrogen-bond donors (Lipinski definition) is 1. The van der Waals surface area contributed by atoms with Crippen molar-refractivity contribution in [1.29, 1.82) is 5.26 Å². The molecule has 0 radical (unpaired) electrons. The Kier molecular flexibility index (Phi) is 8.06. The number of carbonyl (C=O) groups is 2. The Hall–Kier alpha value is -1.65. The molecular formula is C20H35N5O2. The number of nitriles is 1. The molecule has 1 unspecified atom stereocenters. The van der Waals surface area contributed by atoms with Crippen molar-refractivity contribution in [3.63, 3.8) is 0 Å². The number of carbonyl (C=O) groups excluding carboxylic acids is 2. The Morgan fingerprint density at radius 1 is 0.963 bits per heavy atom. The molecule has 2 aliphatic rings. The summed E-state index contributed by atoms with van der Waals surface area (Å²) in [5.74, 6) is 0.181. The van der Waals surface area contributed by atoms with Crippen LogP contribution in [-0.4, -0.2) is 84.4 Å². The molecule has 2 aliphatic heterocycles. The van der Waals surface area contributed by atoms with E-state index >= 15 is 0 Å².